The second-order valence-corrected chi connectivity index (χ2v) is 5.27. The molecule has 2 heterocycles. The minimum Gasteiger partial charge on any atom is -0.465 e. The predicted molar refractivity (Wildman–Crippen MR) is 87.7 cm³/mol. The highest BCUT2D eigenvalue weighted by atomic mass is 16.5. The summed E-state index contributed by atoms with van der Waals surface area (Å²) in [6.45, 7) is 0.106. The van der Waals surface area contributed by atoms with Crippen molar-refractivity contribution in [2.24, 2.45) is 7.05 Å². The monoisotopic (exact) mass is 340 g/mol. The maximum atomic E-state index is 12.1. The summed E-state index contributed by atoms with van der Waals surface area (Å²) in [5, 5.41) is 6.59. The third-order valence-electron chi connectivity index (χ3n) is 3.61. The van der Waals surface area contributed by atoms with Gasteiger partial charge in [0.25, 0.3) is 5.91 Å². The topological polar surface area (TPSA) is 99.2 Å². The molecule has 0 atom stereocenters. The van der Waals surface area contributed by atoms with Crippen molar-refractivity contribution >= 4 is 11.9 Å². The van der Waals surface area contributed by atoms with Gasteiger partial charge in [-0.05, 0) is 36.4 Å². The number of hydrogen-bond acceptors (Lipinski definition) is 6. The summed E-state index contributed by atoms with van der Waals surface area (Å²) in [6, 6.07) is 9.90. The number of amides is 1. The lowest BCUT2D eigenvalue weighted by atomic mass is 10.1. The van der Waals surface area contributed by atoms with E-state index < -0.39 is 5.97 Å². The number of methoxy groups -OCH3 is 1. The average molecular weight is 340 g/mol. The molecule has 0 fully saturated rings. The molecule has 1 amide bonds. The summed E-state index contributed by atoms with van der Waals surface area (Å²) in [7, 11) is 3.18. The Balaban J connectivity index is 1.62. The van der Waals surface area contributed by atoms with Crippen molar-refractivity contribution in [1.29, 1.82) is 0 Å². The van der Waals surface area contributed by atoms with Crippen LogP contribution in [0.25, 0.3) is 11.5 Å². The van der Waals surface area contributed by atoms with Crippen molar-refractivity contribution in [3.05, 3.63) is 59.6 Å². The first kappa shape index (κ1) is 16.4. The number of benzene rings is 1. The Morgan fingerprint density at radius 2 is 1.92 bits per heavy atom. The number of carbonyl (C=O) groups excluding carboxylic acids is 2. The fourth-order valence-electron chi connectivity index (χ4n) is 2.26. The largest absolute Gasteiger partial charge is 0.465 e. The molecule has 0 unspecified atom stereocenters. The summed E-state index contributed by atoms with van der Waals surface area (Å²) in [6.07, 6.45) is 1.88. The molecule has 0 saturated carbocycles. The van der Waals surface area contributed by atoms with E-state index in [4.69, 9.17) is 4.52 Å². The smallest absolute Gasteiger partial charge is 0.337 e. The van der Waals surface area contributed by atoms with Crippen LogP contribution in [0, 0.1) is 0 Å². The minimum atomic E-state index is -0.453. The number of carbonyl (C=O) groups is 2. The number of ether oxygens (including phenoxy) is 1. The molecule has 0 spiro atoms. The number of rotatable bonds is 5. The molecular weight excluding hydrogens is 324 g/mol. The summed E-state index contributed by atoms with van der Waals surface area (Å²) in [5.41, 5.74) is 1.61. The Morgan fingerprint density at radius 3 is 2.56 bits per heavy atom. The van der Waals surface area contributed by atoms with Crippen molar-refractivity contribution in [3.8, 4) is 11.5 Å². The van der Waals surface area contributed by atoms with Crippen molar-refractivity contribution < 1.29 is 18.8 Å². The third kappa shape index (κ3) is 3.57. The van der Waals surface area contributed by atoms with E-state index in [1.807, 2.05) is 29.9 Å². The fourth-order valence-corrected chi connectivity index (χ4v) is 2.26. The van der Waals surface area contributed by atoms with E-state index in [-0.39, 0.29) is 12.5 Å². The number of aromatic nitrogens is 3. The number of nitrogens with one attached hydrogen (secondary N) is 1. The Kier molecular flexibility index (Phi) is 4.60. The molecule has 128 valence electrons. The molecule has 3 aromatic rings. The standard InChI is InChI=1S/C17H16N4O4/c1-21-9-3-4-13(21)15-19-14(25-20-15)10-18-16(22)11-5-7-12(8-6-11)17(23)24-2/h3-9H,10H2,1-2H3,(H,18,22). The second-order valence-electron chi connectivity index (χ2n) is 5.27. The van der Waals surface area contributed by atoms with Gasteiger partial charge in [0.15, 0.2) is 0 Å². The Labute approximate surface area is 143 Å². The highest BCUT2D eigenvalue weighted by molar-refractivity contribution is 5.96. The van der Waals surface area contributed by atoms with Crippen molar-refractivity contribution in [3.63, 3.8) is 0 Å². The van der Waals surface area contributed by atoms with Crippen molar-refractivity contribution in [2.45, 2.75) is 6.54 Å². The first-order valence-electron chi connectivity index (χ1n) is 7.49. The van der Waals surface area contributed by atoms with Crippen LogP contribution < -0.4 is 5.32 Å². The van der Waals surface area contributed by atoms with E-state index in [1.165, 1.54) is 19.2 Å². The van der Waals surface area contributed by atoms with Gasteiger partial charge in [-0.15, -0.1) is 0 Å². The normalized spacial score (nSPS) is 10.5. The first-order valence-corrected chi connectivity index (χ1v) is 7.49. The molecule has 1 N–H and O–H groups in total. The predicted octanol–water partition coefficient (Wildman–Crippen LogP) is 1.79. The molecule has 0 aliphatic carbocycles. The lowest BCUT2D eigenvalue weighted by Crippen LogP contribution is -2.23. The van der Waals surface area contributed by atoms with Gasteiger partial charge in [-0.2, -0.15) is 4.98 Å². The van der Waals surface area contributed by atoms with Gasteiger partial charge in [0.05, 0.1) is 24.9 Å². The molecule has 0 saturated heterocycles. The zero-order valence-electron chi connectivity index (χ0n) is 13.7. The SMILES string of the molecule is COC(=O)c1ccc(C(=O)NCc2nc(-c3cccn3C)no2)cc1. The van der Waals surface area contributed by atoms with Gasteiger partial charge in [-0.3, -0.25) is 4.79 Å². The molecule has 0 radical (unpaired) electrons. The third-order valence-corrected chi connectivity index (χ3v) is 3.61. The molecular formula is C17H16N4O4. The van der Waals surface area contributed by atoms with Gasteiger partial charge >= 0.3 is 5.97 Å². The van der Waals surface area contributed by atoms with E-state index in [9.17, 15) is 9.59 Å². The van der Waals surface area contributed by atoms with Gasteiger partial charge < -0.3 is 19.1 Å². The number of esters is 1. The van der Waals surface area contributed by atoms with Gasteiger partial charge in [0.2, 0.25) is 11.7 Å². The van der Waals surface area contributed by atoms with Crippen molar-refractivity contribution in [2.75, 3.05) is 7.11 Å². The highest BCUT2D eigenvalue weighted by Gasteiger charge is 2.13. The molecule has 1 aromatic carbocycles. The minimum absolute atomic E-state index is 0.106. The molecule has 8 heteroatoms. The molecule has 2 aromatic heterocycles. The zero-order valence-corrected chi connectivity index (χ0v) is 13.7. The quantitative estimate of drug-likeness (QED) is 0.711. The first-order chi connectivity index (χ1) is 12.1. The summed E-state index contributed by atoms with van der Waals surface area (Å²) < 4.78 is 11.6. The molecule has 0 bridgehead atoms. The number of aryl methyl sites for hydroxylation is 1. The van der Waals surface area contributed by atoms with Crippen LogP contribution in [0.2, 0.25) is 0 Å². The van der Waals surface area contributed by atoms with Gasteiger partial charge in [-0.25, -0.2) is 4.79 Å². The molecule has 0 aliphatic heterocycles. The molecule has 25 heavy (non-hydrogen) atoms. The van der Waals surface area contributed by atoms with Crippen LogP contribution in [0.5, 0.6) is 0 Å². The zero-order chi connectivity index (χ0) is 17.8. The summed E-state index contributed by atoms with van der Waals surface area (Å²) in [4.78, 5) is 27.8. The van der Waals surface area contributed by atoms with Gasteiger partial charge in [0, 0.05) is 18.8 Å². The van der Waals surface area contributed by atoms with Crippen LogP contribution in [-0.4, -0.2) is 33.7 Å². The van der Waals surface area contributed by atoms with Crippen LogP contribution >= 0.6 is 0 Å². The van der Waals surface area contributed by atoms with Crippen LogP contribution in [-0.2, 0) is 18.3 Å². The average Bonchev–Trinajstić information content (AvgIpc) is 3.27. The summed E-state index contributed by atoms with van der Waals surface area (Å²) >= 11 is 0. The molecule has 0 aliphatic rings. The van der Waals surface area contributed by atoms with Gasteiger partial charge in [-0.1, -0.05) is 5.16 Å². The highest BCUT2D eigenvalue weighted by Crippen LogP contribution is 2.15. The van der Waals surface area contributed by atoms with E-state index >= 15 is 0 Å². The van der Waals surface area contributed by atoms with Gasteiger partial charge in [0.1, 0.15) is 0 Å². The van der Waals surface area contributed by atoms with Crippen LogP contribution in [0.3, 0.4) is 0 Å². The number of nitrogens with zero attached hydrogens (tertiary/aromatic N) is 3. The van der Waals surface area contributed by atoms with Crippen LogP contribution in [0.1, 0.15) is 26.6 Å². The van der Waals surface area contributed by atoms with Crippen LogP contribution in [0.4, 0.5) is 0 Å². The Bertz CT molecular complexity index is 896. The van der Waals surface area contributed by atoms with Crippen LogP contribution in [0.15, 0.2) is 47.1 Å². The van der Waals surface area contributed by atoms with Crippen molar-refractivity contribution in [1.82, 2.24) is 20.0 Å². The van der Waals surface area contributed by atoms with E-state index in [0.29, 0.717) is 22.8 Å². The fraction of sp³-hybridized carbons (Fsp3) is 0.176. The maximum Gasteiger partial charge on any atom is 0.337 e. The summed E-state index contributed by atoms with van der Waals surface area (Å²) in [5.74, 6) is -0.00374. The number of hydrogen-bond donors (Lipinski definition) is 1. The molecule has 8 nitrogen and oxygen atoms in total. The lowest BCUT2D eigenvalue weighted by molar-refractivity contribution is 0.0600. The van der Waals surface area contributed by atoms with E-state index in [2.05, 4.69) is 20.2 Å². The maximum absolute atomic E-state index is 12.1. The van der Waals surface area contributed by atoms with E-state index in [1.54, 1.807) is 12.1 Å². The second kappa shape index (κ2) is 7.00. The Morgan fingerprint density at radius 1 is 1.20 bits per heavy atom. The molecule has 3 rings (SSSR count). The Hall–Kier alpha value is -3.42. The van der Waals surface area contributed by atoms with E-state index in [0.717, 1.165) is 5.69 Å². The lowest BCUT2D eigenvalue weighted by Gasteiger charge is -2.03.